The fourth-order valence-corrected chi connectivity index (χ4v) is 7.18. The monoisotopic (exact) mass is 620 g/mol. The van der Waals surface area contributed by atoms with Crippen LogP contribution in [0.5, 0.6) is 11.5 Å². The predicted octanol–water partition coefficient (Wildman–Crippen LogP) is 5.31. The van der Waals surface area contributed by atoms with Crippen molar-refractivity contribution >= 4 is 15.9 Å². The largest absolute Gasteiger partial charge is 0.496 e. The molecule has 10 heteroatoms. The molecule has 1 aliphatic carbocycles. The molecular formula is C34H40N2O7S. The minimum absolute atomic E-state index is 0.00171. The lowest BCUT2D eigenvalue weighted by atomic mass is 9.85. The summed E-state index contributed by atoms with van der Waals surface area (Å²) in [5, 5.41) is 11.5. The summed E-state index contributed by atoms with van der Waals surface area (Å²) in [7, 11) is -0.829. The van der Waals surface area contributed by atoms with E-state index >= 15 is 0 Å². The van der Waals surface area contributed by atoms with Gasteiger partial charge in [0.05, 0.1) is 20.3 Å². The molecule has 1 aliphatic rings. The highest BCUT2D eigenvalue weighted by Crippen LogP contribution is 2.39. The van der Waals surface area contributed by atoms with E-state index in [9.17, 15) is 18.3 Å². The second-order valence-corrected chi connectivity index (χ2v) is 13.3. The van der Waals surface area contributed by atoms with Crippen molar-refractivity contribution < 1.29 is 32.2 Å². The highest BCUT2D eigenvalue weighted by atomic mass is 32.2. The van der Waals surface area contributed by atoms with E-state index in [-0.39, 0.29) is 17.4 Å². The first-order valence-electron chi connectivity index (χ1n) is 14.8. The van der Waals surface area contributed by atoms with Gasteiger partial charge in [0.1, 0.15) is 17.3 Å². The molecule has 234 valence electrons. The third-order valence-electron chi connectivity index (χ3n) is 8.46. The lowest BCUT2D eigenvalue weighted by Gasteiger charge is -2.27. The highest BCUT2D eigenvalue weighted by Gasteiger charge is 2.30. The molecule has 0 spiro atoms. The maximum atomic E-state index is 12.5. The van der Waals surface area contributed by atoms with Gasteiger partial charge >= 0.3 is 0 Å². The normalized spacial score (nSPS) is 14.7. The van der Waals surface area contributed by atoms with Gasteiger partial charge in [0, 0.05) is 36.8 Å². The Bertz CT molecular complexity index is 1670. The van der Waals surface area contributed by atoms with Gasteiger partial charge in [0.25, 0.3) is 10.0 Å². The molecule has 2 aromatic heterocycles. The van der Waals surface area contributed by atoms with Crippen LogP contribution in [-0.2, 0) is 40.6 Å². The number of nitrogens with one attached hydrogen (secondary N) is 1. The number of hydrogen-bond donors (Lipinski definition) is 2. The van der Waals surface area contributed by atoms with Crippen molar-refractivity contribution in [2.24, 2.45) is 11.8 Å². The van der Waals surface area contributed by atoms with Crippen molar-refractivity contribution in [2.45, 2.75) is 63.7 Å². The predicted molar refractivity (Wildman–Crippen MR) is 166 cm³/mol. The Hall–Kier alpha value is -4.02. The zero-order chi connectivity index (χ0) is 31.4. The summed E-state index contributed by atoms with van der Waals surface area (Å²) in [6, 6.07) is 17.1. The Morgan fingerprint density at radius 2 is 1.70 bits per heavy atom. The van der Waals surface area contributed by atoms with Crippen LogP contribution in [0.25, 0.3) is 0 Å². The third-order valence-corrected chi connectivity index (χ3v) is 9.71. The molecule has 5 rings (SSSR count). The number of rotatable bonds is 13. The second kappa shape index (κ2) is 13.3. The fraction of sp³-hybridized carbons (Fsp3) is 0.382. The maximum absolute atomic E-state index is 12.5. The minimum atomic E-state index is -4.05. The van der Waals surface area contributed by atoms with Crippen LogP contribution < -0.4 is 14.2 Å². The number of aliphatic hydroxyl groups is 1. The van der Waals surface area contributed by atoms with Crippen LogP contribution in [0.15, 0.2) is 76.5 Å². The number of aliphatic hydroxyl groups excluding tert-OH is 1. The molecule has 2 atom stereocenters. The standard InChI is InChI=1S/C34H40N2O7S/c1-22-9-12-33(43-22)44(39,40)35-32(37)11-10-24-13-14-36(20-24)21-29(17-25-15-26-7-5-6-8-27(26)16-25)34(38)28-18-30(41-3)23(2)31(19-28)42-4/h5-9,12-14,18-20,25,29,34,38H,10-11,15-17,21H2,1-4H3,(H,35,37)/t29-,34+/m0/s1. The van der Waals surface area contributed by atoms with Crippen LogP contribution in [0, 0.1) is 25.7 Å². The number of sulfonamides is 1. The molecule has 0 aliphatic heterocycles. The Morgan fingerprint density at radius 3 is 2.30 bits per heavy atom. The van der Waals surface area contributed by atoms with E-state index in [4.69, 9.17) is 13.9 Å². The summed E-state index contributed by atoms with van der Waals surface area (Å²) in [6.45, 7) is 4.12. The zero-order valence-corrected chi connectivity index (χ0v) is 26.4. The van der Waals surface area contributed by atoms with E-state index < -0.39 is 22.0 Å². The van der Waals surface area contributed by atoms with Crippen LogP contribution in [0.1, 0.15) is 52.5 Å². The smallest absolute Gasteiger partial charge is 0.297 e. The van der Waals surface area contributed by atoms with Gasteiger partial charge in [-0.25, -0.2) is 4.72 Å². The lowest BCUT2D eigenvalue weighted by molar-refractivity contribution is -0.119. The Morgan fingerprint density at radius 1 is 1.05 bits per heavy atom. The number of ether oxygens (including phenoxy) is 2. The molecule has 44 heavy (non-hydrogen) atoms. The number of fused-ring (bicyclic) bond motifs is 1. The number of hydrogen-bond acceptors (Lipinski definition) is 7. The van der Waals surface area contributed by atoms with Crippen molar-refractivity contribution in [3.8, 4) is 11.5 Å². The molecule has 0 bridgehead atoms. The molecule has 9 nitrogen and oxygen atoms in total. The number of nitrogens with zero attached hydrogens (tertiary/aromatic N) is 1. The molecule has 2 aromatic carbocycles. The van der Waals surface area contributed by atoms with Crippen molar-refractivity contribution in [1.82, 2.24) is 9.29 Å². The van der Waals surface area contributed by atoms with E-state index in [1.165, 1.54) is 23.3 Å². The SMILES string of the molecule is COc1cc([C@@H](O)[C@@H](CC2Cc3ccccc3C2)Cn2ccc(CCC(=O)NS(=O)(=O)c3ccc(C)o3)c2)cc(OC)c1C. The molecular weight excluding hydrogens is 580 g/mol. The topological polar surface area (TPSA) is 120 Å². The van der Waals surface area contributed by atoms with Crippen molar-refractivity contribution in [3.05, 3.63) is 101 Å². The van der Waals surface area contributed by atoms with E-state index in [1.54, 1.807) is 21.1 Å². The molecule has 0 radical (unpaired) electrons. The van der Waals surface area contributed by atoms with E-state index in [0.717, 1.165) is 36.0 Å². The van der Waals surface area contributed by atoms with Crippen molar-refractivity contribution in [3.63, 3.8) is 0 Å². The quantitative estimate of drug-likeness (QED) is 0.208. The van der Waals surface area contributed by atoms with Gasteiger partial charge in [-0.3, -0.25) is 4.79 Å². The van der Waals surface area contributed by atoms with Gasteiger partial charge in [0.2, 0.25) is 11.0 Å². The van der Waals surface area contributed by atoms with Crippen LogP contribution in [0.4, 0.5) is 0 Å². The Kier molecular flexibility index (Phi) is 9.51. The average Bonchev–Trinajstić information content (AvgIpc) is 3.75. The van der Waals surface area contributed by atoms with Gasteiger partial charge in [-0.15, -0.1) is 0 Å². The number of methoxy groups -OCH3 is 2. The van der Waals surface area contributed by atoms with Crippen LogP contribution in [0.3, 0.4) is 0 Å². The first-order valence-corrected chi connectivity index (χ1v) is 16.3. The molecule has 0 fully saturated rings. The number of amides is 1. The van der Waals surface area contributed by atoms with Crippen molar-refractivity contribution in [1.29, 1.82) is 0 Å². The van der Waals surface area contributed by atoms with Crippen molar-refractivity contribution in [2.75, 3.05) is 14.2 Å². The Labute approximate surface area is 258 Å². The summed E-state index contributed by atoms with van der Waals surface area (Å²) in [4.78, 5) is 12.5. The summed E-state index contributed by atoms with van der Waals surface area (Å²) >= 11 is 0. The number of carbonyl (C=O) groups is 1. The van der Waals surface area contributed by atoms with Gasteiger partial charge in [-0.2, -0.15) is 8.42 Å². The summed E-state index contributed by atoms with van der Waals surface area (Å²) in [5.41, 5.74) is 5.25. The van der Waals surface area contributed by atoms with E-state index in [0.29, 0.717) is 36.1 Å². The number of benzene rings is 2. The second-order valence-electron chi connectivity index (χ2n) is 11.6. The zero-order valence-electron chi connectivity index (χ0n) is 25.6. The fourth-order valence-electron chi connectivity index (χ4n) is 6.19. The number of aromatic nitrogens is 1. The van der Waals surface area contributed by atoms with Crippen LogP contribution in [-0.4, -0.2) is 38.2 Å². The molecule has 2 heterocycles. The van der Waals surface area contributed by atoms with Gasteiger partial charge < -0.3 is 23.6 Å². The Balaban J connectivity index is 1.29. The summed E-state index contributed by atoms with van der Waals surface area (Å²) in [5.74, 6) is 1.45. The van der Waals surface area contributed by atoms with E-state index in [1.807, 2.05) is 42.1 Å². The molecule has 0 saturated heterocycles. The van der Waals surface area contributed by atoms with Gasteiger partial charge in [-0.1, -0.05) is 24.3 Å². The van der Waals surface area contributed by atoms with E-state index in [2.05, 4.69) is 29.0 Å². The third kappa shape index (κ3) is 7.19. The van der Waals surface area contributed by atoms with Crippen LogP contribution >= 0.6 is 0 Å². The molecule has 4 aromatic rings. The van der Waals surface area contributed by atoms with Gasteiger partial charge in [0.15, 0.2) is 0 Å². The number of carbonyl (C=O) groups excluding carboxylic acids is 1. The first kappa shape index (κ1) is 31.4. The average molecular weight is 621 g/mol. The molecule has 0 saturated carbocycles. The lowest BCUT2D eigenvalue weighted by Crippen LogP contribution is -2.30. The van der Waals surface area contributed by atoms with Gasteiger partial charge in [-0.05, 0) is 98.0 Å². The summed E-state index contributed by atoms with van der Waals surface area (Å²) in [6.07, 6.45) is 6.26. The number of furan rings is 1. The first-order chi connectivity index (χ1) is 21.1. The molecule has 0 unspecified atom stereocenters. The highest BCUT2D eigenvalue weighted by molar-refractivity contribution is 7.89. The number of aryl methyl sites for hydroxylation is 2. The minimum Gasteiger partial charge on any atom is -0.496 e. The van der Waals surface area contributed by atoms with Crippen LogP contribution in [0.2, 0.25) is 0 Å². The molecule has 2 N–H and O–H groups in total. The summed E-state index contributed by atoms with van der Waals surface area (Å²) < 4.78 is 45.3. The maximum Gasteiger partial charge on any atom is 0.297 e. The molecule has 1 amide bonds.